The summed E-state index contributed by atoms with van der Waals surface area (Å²) in [5.41, 5.74) is 1.92. The highest BCUT2D eigenvalue weighted by molar-refractivity contribution is 7.89. The Kier molecular flexibility index (Phi) is 9.43. The third kappa shape index (κ3) is 6.51. The van der Waals surface area contributed by atoms with Gasteiger partial charge in [-0.3, -0.25) is 10.1 Å². The molecule has 1 N–H and O–H groups in total. The molecule has 1 amide bonds. The van der Waals surface area contributed by atoms with E-state index >= 15 is 0 Å². The molecule has 0 bridgehead atoms. The second kappa shape index (κ2) is 13.6. The largest absolute Gasteiger partial charge is 0.496 e. The lowest BCUT2D eigenvalue weighted by Crippen LogP contribution is -2.32. The van der Waals surface area contributed by atoms with Crippen LogP contribution in [0.15, 0.2) is 88.2 Å². The first-order chi connectivity index (χ1) is 21.3. The van der Waals surface area contributed by atoms with Gasteiger partial charge < -0.3 is 13.9 Å². The maximum absolute atomic E-state index is 13.3. The molecule has 0 aliphatic carbocycles. The van der Waals surface area contributed by atoms with Gasteiger partial charge in [-0.05, 0) is 36.6 Å². The summed E-state index contributed by atoms with van der Waals surface area (Å²) in [6, 6.07) is 24.5. The summed E-state index contributed by atoms with van der Waals surface area (Å²) in [5, 5.41) is 12.6. The van der Waals surface area contributed by atoms with E-state index in [1.54, 1.807) is 0 Å². The van der Waals surface area contributed by atoms with Gasteiger partial charge in [0.1, 0.15) is 28.7 Å². The molecule has 0 unspecified atom stereocenters. The Morgan fingerprint density at radius 2 is 1.57 bits per heavy atom. The van der Waals surface area contributed by atoms with Crippen molar-refractivity contribution < 1.29 is 31.9 Å². The van der Waals surface area contributed by atoms with Gasteiger partial charge in [-0.25, -0.2) is 13.2 Å². The first-order valence-electron chi connectivity index (χ1n) is 14.2. The monoisotopic (exact) mass is 613 g/mol. The number of furan rings is 1. The van der Waals surface area contributed by atoms with Crippen molar-refractivity contribution in [1.29, 1.82) is 5.26 Å². The van der Waals surface area contributed by atoms with Crippen LogP contribution in [0.2, 0.25) is 0 Å². The third-order valence-electron chi connectivity index (χ3n) is 7.30. The van der Waals surface area contributed by atoms with E-state index in [0.29, 0.717) is 30.0 Å². The summed E-state index contributed by atoms with van der Waals surface area (Å²) < 4.78 is 44.6. The molecular weight excluding hydrogens is 582 g/mol. The van der Waals surface area contributed by atoms with Gasteiger partial charge in [-0.15, -0.1) is 0 Å². The molecule has 226 valence electrons. The predicted molar refractivity (Wildman–Crippen MR) is 163 cm³/mol. The molecule has 0 saturated carbocycles. The number of nitriles is 1. The minimum atomic E-state index is -3.85. The van der Waals surface area contributed by atoms with E-state index in [0.717, 1.165) is 31.2 Å². The lowest BCUT2D eigenvalue weighted by molar-refractivity contribution is -0.119. The fourth-order valence-corrected chi connectivity index (χ4v) is 6.65. The second-order valence-electron chi connectivity index (χ2n) is 10.2. The standard InChI is InChI=1S/C33H31N3O7S/c1-41-28-17-16-25(44(39,40)36-18-10-2-3-11-19-36)20-26(28)33(38)42-22-29(37)35-32-27(21-34)30(23-12-6-4-7-13-23)31(43-32)24-14-8-5-9-15-24/h4-9,12-17,20H,2-3,10-11,18-19,22H2,1H3,(H,35,37). The number of ether oxygens (including phenoxy) is 2. The highest BCUT2D eigenvalue weighted by atomic mass is 32.2. The smallest absolute Gasteiger partial charge is 0.342 e. The lowest BCUT2D eigenvalue weighted by atomic mass is 9.98. The first-order valence-corrected chi connectivity index (χ1v) is 15.6. The fourth-order valence-electron chi connectivity index (χ4n) is 5.11. The number of esters is 1. The highest BCUT2D eigenvalue weighted by Gasteiger charge is 2.28. The summed E-state index contributed by atoms with van der Waals surface area (Å²) in [6.45, 7) is 0.0888. The topological polar surface area (TPSA) is 139 Å². The van der Waals surface area contributed by atoms with Gasteiger partial charge in [-0.2, -0.15) is 9.57 Å². The number of hydrogen-bond acceptors (Lipinski definition) is 8. The van der Waals surface area contributed by atoms with Gasteiger partial charge in [0, 0.05) is 24.2 Å². The maximum atomic E-state index is 13.3. The van der Waals surface area contributed by atoms with E-state index in [9.17, 15) is 23.3 Å². The van der Waals surface area contributed by atoms with Crippen LogP contribution >= 0.6 is 0 Å². The summed E-state index contributed by atoms with van der Waals surface area (Å²) >= 11 is 0. The second-order valence-corrected chi connectivity index (χ2v) is 12.1. The molecule has 4 aromatic rings. The van der Waals surface area contributed by atoms with Crippen LogP contribution in [0.3, 0.4) is 0 Å². The van der Waals surface area contributed by atoms with Crippen LogP contribution in [-0.4, -0.2) is 51.4 Å². The Morgan fingerprint density at radius 1 is 0.932 bits per heavy atom. The number of rotatable bonds is 9. The van der Waals surface area contributed by atoms with Crippen molar-refractivity contribution in [2.24, 2.45) is 0 Å². The Balaban J connectivity index is 1.36. The molecule has 1 fully saturated rings. The van der Waals surface area contributed by atoms with Crippen molar-refractivity contribution >= 4 is 27.8 Å². The molecule has 1 aliphatic heterocycles. The van der Waals surface area contributed by atoms with Gasteiger partial charge in [0.05, 0.1) is 12.0 Å². The van der Waals surface area contributed by atoms with Crippen LogP contribution in [0.1, 0.15) is 41.6 Å². The van der Waals surface area contributed by atoms with Gasteiger partial charge in [-0.1, -0.05) is 73.5 Å². The number of anilines is 1. The molecular formula is C33H31N3O7S. The van der Waals surface area contributed by atoms with Gasteiger partial charge in [0.15, 0.2) is 6.61 Å². The van der Waals surface area contributed by atoms with Crippen LogP contribution in [-0.2, 0) is 19.6 Å². The molecule has 1 aromatic heterocycles. The number of hydrogen-bond donors (Lipinski definition) is 1. The molecule has 5 rings (SSSR count). The van der Waals surface area contributed by atoms with E-state index < -0.39 is 28.5 Å². The molecule has 0 radical (unpaired) electrons. The molecule has 1 aliphatic rings. The fraction of sp³-hybridized carbons (Fsp3) is 0.242. The summed E-state index contributed by atoms with van der Waals surface area (Å²) in [6.07, 6.45) is 3.46. The van der Waals surface area contributed by atoms with Gasteiger partial charge >= 0.3 is 5.97 Å². The zero-order valence-electron chi connectivity index (χ0n) is 24.1. The minimum Gasteiger partial charge on any atom is -0.496 e. The quantitative estimate of drug-likeness (QED) is 0.232. The number of amides is 1. The van der Waals surface area contributed by atoms with Crippen LogP contribution in [0.25, 0.3) is 22.5 Å². The Hall–Kier alpha value is -4.92. The maximum Gasteiger partial charge on any atom is 0.342 e. The number of carbonyl (C=O) groups is 2. The number of methoxy groups -OCH3 is 1. The number of nitrogens with one attached hydrogen (secondary N) is 1. The first kappa shape index (κ1) is 30.5. The zero-order chi connectivity index (χ0) is 31.1. The zero-order valence-corrected chi connectivity index (χ0v) is 24.9. The van der Waals surface area contributed by atoms with Crippen molar-refractivity contribution in [2.45, 2.75) is 30.6 Å². The third-order valence-corrected chi connectivity index (χ3v) is 9.19. The van der Waals surface area contributed by atoms with E-state index in [-0.39, 0.29) is 27.7 Å². The van der Waals surface area contributed by atoms with E-state index in [2.05, 4.69) is 11.4 Å². The van der Waals surface area contributed by atoms with Crippen molar-refractivity contribution in [1.82, 2.24) is 4.31 Å². The summed E-state index contributed by atoms with van der Waals surface area (Å²) in [5.74, 6) is -1.29. The lowest BCUT2D eigenvalue weighted by Gasteiger charge is -2.20. The average molecular weight is 614 g/mol. The number of carbonyl (C=O) groups excluding carboxylic acids is 2. The molecule has 44 heavy (non-hydrogen) atoms. The van der Waals surface area contributed by atoms with Crippen LogP contribution in [0, 0.1) is 11.3 Å². The molecule has 2 heterocycles. The minimum absolute atomic E-state index is 0.0623. The molecule has 11 heteroatoms. The predicted octanol–water partition coefficient (Wildman–Crippen LogP) is 5.85. The van der Waals surface area contributed by atoms with Crippen LogP contribution < -0.4 is 10.1 Å². The molecule has 3 aromatic carbocycles. The van der Waals surface area contributed by atoms with E-state index in [1.807, 2.05) is 60.7 Å². The Bertz CT molecular complexity index is 1790. The van der Waals surface area contributed by atoms with Gasteiger partial charge in [0.25, 0.3) is 5.91 Å². The van der Waals surface area contributed by atoms with Crippen LogP contribution in [0.4, 0.5) is 5.88 Å². The Morgan fingerprint density at radius 3 is 2.18 bits per heavy atom. The van der Waals surface area contributed by atoms with E-state index in [1.165, 1.54) is 29.6 Å². The van der Waals surface area contributed by atoms with Crippen molar-refractivity contribution in [3.05, 3.63) is 90.0 Å². The number of benzene rings is 3. The SMILES string of the molecule is COc1ccc(S(=O)(=O)N2CCCCCC2)cc1C(=O)OCC(=O)Nc1oc(-c2ccccc2)c(-c2ccccc2)c1C#N. The molecule has 0 spiro atoms. The highest BCUT2D eigenvalue weighted by Crippen LogP contribution is 2.41. The van der Waals surface area contributed by atoms with Gasteiger partial charge in [0.2, 0.25) is 15.9 Å². The molecule has 0 atom stereocenters. The number of sulfonamides is 1. The number of nitrogens with zero attached hydrogens (tertiary/aromatic N) is 2. The van der Waals surface area contributed by atoms with E-state index in [4.69, 9.17) is 13.9 Å². The van der Waals surface area contributed by atoms with Crippen molar-refractivity contribution in [3.8, 4) is 34.3 Å². The average Bonchev–Trinajstić information content (AvgIpc) is 3.20. The van der Waals surface area contributed by atoms with Crippen molar-refractivity contribution in [3.63, 3.8) is 0 Å². The Labute approximate surface area is 255 Å². The summed E-state index contributed by atoms with van der Waals surface area (Å²) in [4.78, 5) is 26.0. The van der Waals surface area contributed by atoms with Crippen LogP contribution in [0.5, 0.6) is 5.75 Å². The molecule has 10 nitrogen and oxygen atoms in total. The molecule has 1 saturated heterocycles. The normalized spacial score (nSPS) is 13.8. The summed E-state index contributed by atoms with van der Waals surface area (Å²) in [7, 11) is -2.50. The van der Waals surface area contributed by atoms with Crippen molar-refractivity contribution in [2.75, 3.05) is 32.1 Å².